The smallest absolute Gasteiger partial charge is 0.308 e. The molecular weight excluding hydrogens is 164 g/mol. The number of halogens is 1. The molecule has 0 unspecified atom stereocenters. The van der Waals surface area contributed by atoms with E-state index >= 15 is 0 Å². The second-order valence-corrected chi connectivity index (χ2v) is 3.48. The van der Waals surface area contributed by atoms with Gasteiger partial charge in [0.15, 0.2) is 0 Å². The van der Waals surface area contributed by atoms with E-state index in [-0.39, 0.29) is 10.6 Å². The Morgan fingerprint density at radius 3 is 2.91 bits per heavy atom. The van der Waals surface area contributed by atoms with Crippen molar-refractivity contribution in [3.8, 4) is 0 Å². The van der Waals surface area contributed by atoms with Crippen LogP contribution in [-0.4, -0.2) is 9.97 Å². The van der Waals surface area contributed by atoms with Crippen LogP contribution in [0.5, 0.6) is 0 Å². The summed E-state index contributed by atoms with van der Waals surface area (Å²) in [5.74, 6) is 0. The van der Waals surface area contributed by atoms with Gasteiger partial charge in [-0.1, -0.05) is 0 Å². The van der Waals surface area contributed by atoms with Gasteiger partial charge in [0.25, 0.3) is 0 Å². The molecule has 0 radical (unpaired) electrons. The third-order valence-corrected chi connectivity index (χ3v) is 2.43. The minimum Gasteiger partial charge on any atom is -0.308 e. The molecule has 1 saturated carbocycles. The summed E-state index contributed by atoms with van der Waals surface area (Å²) in [6.45, 7) is 0. The Balaban J connectivity index is 2.46. The van der Waals surface area contributed by atoms with Crippen molar-refractivity contribution in [2.45, 2.75) is 17.7 Å². The van der Waals surface area contributed by atoms with Gasteiger partial charge in [-0.15, -0.1) is 11.6 Å². The number of hydrogen-bond donors (Lipinski definition) is 1. The quantitative estimate of drug-likeness (QED) is 0.640. The number of hydrogen-bond acceptors (Lipinski definition) is 2. The van der Waals surface area contributed by atoms with E-state index in [9.17, 15) is 4.79 Å². The molecule has 0 aliphatic heterocycles. The molecule has 11 heavy (non-hydrogen) atoms. The first-order valence-corrected chi connectivity index (χ1v) is 3.83. The molecule has 2 rings (SSSR count). The molecule has 1 N–H and O–H groups in total. The van der Waals surface area contributed by atoms with Gasteiger partial charge in [0, 0.05) is 11.9 Å². The molecule has 0 spiro atoms. The first-order chi connectivity index (χ1) is 5.21. The van der Waals surface area contributed by atoms with Crippen LogP contribution in [0.15, 0.2) is 17.1 Å². The van der Waals surface area contributed by atoms with Crippen LogP contribution in [0.3, 0.4) is 0 Å². The highest BCUT2D eigenvalue weighted by Gasteiger charge is 2.43. The Morgan fingerprint density at radius 1 is 1.64 bits per heavy atom. The van der Waals surface area contributed by atoms with E-state index in [1.807, 2.05) is 0 Å². The second kappa shape index (κ2) is 2.08. The molecule has 1 aromatic heterocycles. The lowest BCUT2D eigenvalue weighted by Gasteiger charge is -2.03. The Morgan fingerprint density at radius 2 is 2.36 bits per heavy atom. The zero-order chi connectivity index (χ0) is 7.90. The Labute approximate surface area is 68.4 Å². The van der Waals surface area contributed by atoms with Crippen molar-refractivity contribution in [3.63, 3.8) is 0 Å². The highest BCUT2D eigenvalue weighted by atomic mass is 35.5. The van der Waals surface area contributed by atoms with E-state index in [2.05, 4.69) is 9.97 Å². The van der Waals surface area contributed by atoms with Gasteiger partial charge in [0.2, 0.25) is 0 Å². The zero-order valence-corrected chi connectivity index (χ0v) is 6.56. The topological polar surface area (TPSA) is 45.8 Å². The van der Waals surface area contributed by atoms with Crippen molar-refractivity contribution in [2.75, 3.05) is 0 Å². The summed E-state index contributed by atoms with van der Waals surface area (Å²) in [6.07, 6.45) is 3.36. The van der Waals surface area contributed by atoms with Gasteiger partial charge in [-0.2, -0.15) is 0 Å². The average Bonchev–Trinajstić information content (AvgIpc) is 2.70. The minimum atomic E-state index is -0.325. The number of H-pyrrole nitrogens is 1. The van der Waals surface area contributed by atoms with Crippen LogP contribution in [-0.2, 0) is 4.87 Å². The fourth-order valence-electron chi connectivity index (χ4n) is 1.01. The van der Waals surface area contributed by atoms with Gasteiger partial charge in [-0.3, -0.25) is 0 Å². The summed E-state index contributed by atoms with van der Waals surface area (Å²) in [5, 5.41) is 0. The van der Waals surface area contributed by atoms with E-state index in [0.29, 0.717) is 0 Å². The summed E-state index contributed by atoms with van der Waals surface area (Å²) < 4.78 is 0. The molecule has 0 aromatic carbocycles. The van der Waals surface area contributed by atoms with Crippen LogP contribution in [0, 0.1) is 0 Å². The van der Waals surface area contributed by atoms with E-state index < -0.39 is 0 Å². The van der Waals surface area contributed by atoms with Crippen LogP contribution in [0.1, 0.15) is 18.5 Å². The van der Waals surface area contributed by atoms with Gasteiger partial charge in [-0.25, -0.2) is 9.78 Å². The van der Waals surface area contributed by atoms with Crippen molar-refractivity contribution in [3.05, 3.63) is 28.4 Å². The molecule has 3 nitrogen and oxygen atoms in total. The molecular formula is C7H7ClN2O. The summed E-state index contributed by atoms with van der Waals surface area (Å²) in [7, 11) is 0. The SMILES string of the molecule is O=c1nccc(C2(Cl)CC2)[nH]1. The number of aromatic nitrogens is 2. The highest BCUT2D eigenvalue weighted by Crippen LogP contribution is 2.50. The third kappa shape index (κ3) is 1.16. The van der Waals surface area contributed by atoms with Gasteiger partial charge >= 0.3 is 5.69 Å². The van der Waals surface area contributed by atoms with Crippen LogP contribution >= 0.6 is 11.6 Å². The van der Waals surface area contributed by atoms with Gasteiger partial charge in [0.1, 0.15) is 0 Å². The van der Waals surface area contributed by atoms with E-state index in [4.69, 9.17) is 11.6 Å². The third-order valence-electron chi connectivity index (χ3n) is 1.85. The van der Waals surface area contributed by atoms with Crippen LogP contribution in [0.25, 0.3) is 0 Å². The molecule has 1 aliphatic rings. The monoisotopic (exact) mass is 170 g/mol. The molecule has 0 amide bonds. The predicted molar refractivity (Wildman–Crippen MR) is 41.6 cm³/mol. The van der Waals surface area contributed by atoms with E-state index in [1.165, 1.54) is 6.20 Å². The zero-order valence-electron chi connectivity index (χ0n) is 5.80. The maximum atomic E-state index is 10.7. The lowest BCUT2D eigenvalue weighted by Crippen LogP contribution is -2.14. The lowest BCUT2D eigenvalue weighted by atomic mass is 10.3. The first-order valence-electron chi connectivity index (χ1n) is 3.45. The number of nitrogens with zero attached hydrogens (tertiary/aromatic N) is 1. The molecule has 0 saturated heterocycles. The van der Waals surface area contributed by atoms with E-state index in [0.717, 1.165) is 18.5 Å². The minimum absolute atomic E-state index is 0.290. The maximum absolute atomic E-state index is 10.7. The molecule has 1 aromatic rings. The molecule has 4 heteroatoms. The Hall–Kier alpha value is -0.830. The predicted octanol–water partition coefficient (Wildman–Crippen LogP) is 0.998. The van der Waals surface area contributed by atoms with Crippen LogP contribution in [0.2, 0.25) is 0 Å². The molecule has 1 fully saturated rings. The van der Waals surface area contributed by atoms with E-state index in [1.54, 1.807) is 6.07 Å². The lowest BCUT2D eigenvalue weighted by molar-refractivity contribution is 0.891. The fourth-order valence-corrected chi connectivity index (χ4v) is 1.21. The van der Waals surface area contributed by atoms with Gasteiger partial charge in [0.05, 0.1) is 4.87 Å². The summed E-state index contributed by atoms with van der Waals surface area (Å²) in [5.41, 5.74) is 0.466. The number of alkyl halides is 1. The fraction of sp³-hybridized carbons (Fsp3) is 0.429. The normalized spacial score (nSPS) is 19.7. The summed E-state index contributed by atoms with van der Waals surface area (Å²) in [4.78, 5) is 16.6. The molecule has 1 aliphatic carbocycles. The standard InChI is InChI=1S/C7H7ClN2O/c8-7(2-3-7)5-1-4-9-6(11)10-5/h1,4H,2-3H2,(H,9,10,11). The van der Waals surface area contributed by atoms with Crippen molar-refractivity contribution in [2.24, 2.45) is 0 Å². The van der Waals surface area contributed by atoms with Gasteiger partial charge < -0.3 is 4.98 Å². The van der Waals surface area contributed by atoms with Crippen molar-refractivity contribution in [1.29, 1.82) is 0 Å². The van der Waals surface area contributed by atoms with Crippen molar-refractivity contribution in [1.82, 2.24) is 9.97 Å². The summed E-state index contributed by atoms with van der Waals surface area (Å²) >= 11 is 6.04. The Bertz CT molecular complexity index is 329. The first kappa shape index (κ1) is 6.85. The second-order valence-electron chi connectivity index (χ2n) is 2.75. The average molecular weight is 171 g/mol. The maximum Gasteiger partial charge on any atom is 0.345 e. The number of aromatic amines is 1. The van der Waals surface area contributed by atoms with Crippen molar-refractivity contribution < 1.29 is 0 Å². The summed E-state index contributed by atoms with van der Waals surface area (Å²) in [6, 6.07) is 1.75. The number of nitrogens with one attached hydrogen (secondary N) is 1. The molecule has 1 heterocycles. The van der Waals surface area contributed by atoms with Crippen molar-refractivity contribution >= 4 is 11.6 Å². The largest absolute Gasteiger partial charge is 0.345 e. The Kier molecular flexibility index (Phi) is 1.29. The van der Waals surface area contributed by atoms with Crippen LogP contribution in [0.4, 0.5) is 0 Å². The molecule has 0 atom stereocenters. The van der Waals surface area contributed by atoms with Crippen LogP contribution < -0.4 is 5.69 Å². The number of rotatable bonds is 1. The molecule has 58 valence electrons. The van der Waals surface area contributed by atoms with Gasteiger partial charge in [-0.05, 0) is 18.9 Å². The highest BCUT2D eigenvalue weighted by molar-refractivity contribution is 6.25. The molecule has 0 bridgehead atoms.